The van der Waals surface area contributed by atoms with Crippen molar-refractivity contribution in [1.29, 1.82) is 0 Å². The number of benzene rings is 6. The molecular formula is C74H86N6O27. The summed E-state index contributed by atoms with van der Waals surface area (Å²) in [5.74, 6) is -2.10. The van der Waals surface area contributed by atoms with Gasteiger partial charge in [-0.2, -0.15) is 0 Å². The third kappa shape index (κ3) is 22.6. The third-order valence-electron chi connectivity index (χ3n) is 17.8. The average Bonchev–Trinajstić information content (AvgIpc) is 1.76. The van der Waals surface area contributed by atoms with Gasteiger partial charge in [0.05, 0.1) is 30.9 Å². The Kier molecular flexibility index (Phi) is 29.5. The van der Waals surface area contributed by atoms with Crippen LogP contribution in [0.25, 0.3) is 0 Å². The highest BCUT2D eigenvalue weighted by atomic mass is 16.8. The van der Waals surface area contributed by atoms with Crippen LogP contribution in [0, 0.1) is 0 Å². The molecule has 3 saturated heterocycles. The van der Waals surface area contributed by atoms with Gasteiger partial charge >= 0.3 is 36.4 Å². The molecule has 33 heteroatoms. The van der Waals surface area contributed by atoms with Gasteiger partial charge in [0.1, 0.15) is 118 Å². The molecule has 1 saturated carbocycles. The molecule has 1 aliphatic carbocycles. The van der Waals surface area contributed by atoms with E-state index in [0.29, 0.717) is 27.8 Å². The highest BCUT2D eigenvalue weighted by molar-refractivity contribution is 5.92. The van der Waals surface area contributed by atoms with Gasteiger partial charge in [0.25, 0.3) is 5.91 Å². The minimum absolute atomic E-state index is 0.0114. The van der Waals surface area contributed by atoms with E-state index < -0.39 is 197 Å². The van der Waals surface area contributed by atoms with Crippen LogP contribution in [-0.2, 0) is 94.7 Å². The van der Waals surface area contributed by atoms with Gasteiger partial charge in [-0.1, -0.05) is 170 Å². The first-order valence-electron chi connectivity index (χ1n) is 34.4. The zero-order valence-corrected chi connectivity index (χ0v) is 57.5. The monoisotopic (exact) mass is 1490 g/mol. The summed E-state index contributed by atoms with van der Waals surface area (Å²) >= 11 is 0. The lowest BCUT2D eigenvalue weighted by Crippen LogP contribution is -2.70. The minimum atomic E-state index is -2.18. The fourth-order valence-corrected chi connectivity index (χ4v) is 12.2. The molecule has 3 aliphatic heterocycles. The molecule has 6 aromatic rings. The van der Waals surface area contributed by atoms with E-state index in [1.807, 2.05) is 0 Å². The number of esters is 1. The number of alkyl carbamates (subject to hydrolysis) is 5. The Morgan fingerprint density at radius 3 is 1.22 bits per heavy atom. The van der Waals surface area contributed by atoms with Gasteiger partial charge in [0, 0.05) is 19.5 Å². The summed E-state index contributed by atoms with van der Waals surface area (Å²) in [5.41, 5.74) is 2.93. The van der Waals surface area contributed by atoms with E-state index in [4.69, 9.17) is 56.8 Å². The molecule has 107 heavy (non-hydrogen) atoms. The Balaban J connectivity index is 0.971. The number of ether oxygens (including phenoxy) is 12. The normalized spacial score (nSPS) is 27.7. The summed E-state index contributed by atoms with van der Waals surface area (Å²) in [7, 11) is 0. The molecule has 0 unspecified atom stereocenters. The number of aliphatic hydroxyl groups excluding tert-OH is 8. The number of hydrogen-bond acceptors (Lipinski definition) is 27. The van der Waals surface area contributed by atoms with Crippen molar-refractivity contribution in [3.8, 4) is 0 Å². The van der Waals surface area contributed by atoms with Crippen molar-refractivity contribution in [1.82, 2.24) is 31.9 Å². The first-order chi connectivity index (χ1) is 51.8. The number of carbonyl (C=O) groups excluding carboxylic acids is 7. The van der Waals surface area contributed by atoms with Crippen LogP contribution in [0.1, 0.15) is 51.0 Å². The molecule has 574 valence electrons. The van der Waals surface area contributed by atoms with Crippen molar-refractivity contribution in [3.05, 3.63) is 215 Å². The number of amides is 6. The SMILES string of the molecule is O=C(NCC[C@H](OC(=O)c1ccccc1)C(=O)N[C@@H]1C[C@H](NC(=O)OCc2ccccc2)[C@@H](O[C@H]2O[C@H](CO)[C@@H](O)[C@H](O)[C@H]2NC(=O)OCc2ccccc2)[C@H](O[C@@H]2O[C@H](CO)[C@@H](O[C@H]3O[C@@H](CNC(=O)OCc4ccccc4)[C@@H](O)[C@H](O)[C@H]3NC(=O)OCc3ccccc3)[C@H]2O)[C@H]1O)OCc1ccccc1. The molecule has 6 amide bonds. The zero-order valence-electron chi connectivity index (χ0n) is 57.5. The van der Waals surface area contributed by atoms with Crippen LogP contribution >= 0.6 is 0 Å². The lowest BCUT2D eigenvalue weighted by molar-refractivity contribution is -0.314. The molecule has 6 aromatic carbocycles. The van der Waals surface area contributed by atoms with Crippen molar-refractivity contribution in [3.63, 3.8) is 0 Å². The van der Waals surface area contributed by atoms with E-state index in [1.54, 1.807) is 170 Å². The van der Waals surface area contributed by atoms with Gasteiger partial charge in [-0.3, -0.25) is 4.79 Å². The number of aliphatic hydroxyl groups is 8. The Morgan fingerprint density at radius 1 is 0.383 bits per heavy atom. The van der Waals surface area contributed by atoms with Crippen molar-refractivity contribution in [2.75, 3.05) is 26.3 Å². The van der Waals surface area contributed by atoms with Crippen molar-refractivity contribution < 1.29 is 131 Å². The van der Waals surface area contributed by atoms with Crippen LogP contribution in [0.15, 0.2) is 182 Å². The van der Waals surface area contributed by atoms with Crippen molar-refractivity contribution >= 4 is 42.3 Å². The average molecular weight is 1490 g/mol. The van der Waals surface area contributed by atoms with E-state index >= 15 is 0 Å². The topological polar surface area (TPSA) is 464 Å². The molecule has 14 N–H and O–H groups in total. The summed E-state index contributed by atoms with van der Waals surface area (Å²) in [6.45, 7) is -4.11. The highest BCUT2D eigenvalue weighted by Crippen LogP contribution is 2.37. The molecule has 4 fully saturated rings. The van der Waals surface area contributed by atoms with Crippen LogP contribution in [0.4, 0.5) is 24.0 Å². The molecule has 0 spiro atoms. The Hall–Kier alpha value is -9.95. The van der Waals surface area contributed by atoms with Crippen LogP contribution in [-0.4, -0.2) is 232 Å². The van der Waals surface area contributed by atoms with Gasteiger partial charge < -0.3 is 130 Å². The first-order valence-corrected chi connectivity index (χ1v) is 34.4. The second-order valence-corrected chi connectivity index (χ2v) is 25.3. The summed E-state index contributed by atoms with van der Waals surface area (Å²) in [4.78, 5) is 96.5. The fourth-order valence-electron chi connectivity index (χ4n) is 12.2. The molecule has 0 radical (unpaired) electrons. The predicted molar refractivity (Wildman–Crippen MR) is 368 cm³/mol. The van der Waals surface area contributed by atoms with E-state index in [2.05, 4.69) is 31.9 Å². The molecular weight excluding hydrogens is 1400 g/mol. The number of carbonyl (C=O) groups is 7. The molecule has 3 heterocycles. The van der Waals surface area contributed by atoms with E-state index in [0.717, 1.165) is 0 Å². The van der Waals surface area contributed by atoms with Crippen LogP contribution < -0.4 is 31.9 Å². The molecule has 4 aliphatic rings. The van der Waals surface area contributed by atoms with Gasteiger partial charge in [-0.15, -0.1) is 0 Å². The molecule has 33 nitrogen and oxygen atoms in total. The first kappa shape index (κ1) is 79.6. The largest absolute Gasteiger partial charge is 0.449 e. The van der Waals surface area contributed by atoms with Crippen molar-refractivity contribution in [2.45, 2.75) is 168 Å². The van der Waals surface area contributed by atoms with Crippen LogP contribution in [0.5, 0.6) is 0 Å². The third-order valence-corrected chi connectivity index (χ3v) is 17.8. The van der Waals surface area contributed by atoms with E-state index in [9.17, 15) is 74.4 Å². The lowest BCUT2D eigenvalue weighted by atomic mass is 9.83. The second-order valence-electron chi connectivity index (χ2n) is 25.3. The maximum atomic E-state index is 15.0. The summed E-state index contributed by atoms with van der Waals surface area (Å²) in [6.07, 6.45) is -37.5. The van der Waals surface area contributed by atoms with E-state index in [-0.39, 0.29) is 45.1 Å². The summed E-state index contributed by atoms with van der Waals surface area (Å²) in [6, 6.07) is 43.2. The molecule has 0 bridgehead atoms. The quantitative estimate of drug-likeness (QED) is 0.0225. The van der Waals surface area contributed by atoms with E-state index in [1.165, 1.54) is 12.1 Å². The molecule has 0 aromatic heterocycles. The zero-order chi connectivity index (χ0) is 75.8. The minimum Gasteiger partial charge on any atom is -0.449 e. The second kappa shape index (κ2) is 39.6. The van der Waals surface area contributed by atoms with Gasteiger partial charge in [-0.05, 0) is 46.4 Å². The van der Waals surface area contributed by atoms with Gasteiger partial charge in [0.2, 0.25) is 0 Å². The Labute approximate surface area is 613 Å². The van der Waals surface area contributed by atoms with Crippen LogP contribution in [0.3, 0.4) is 0 Å². The summed E-state index contributed by atoms with van der Waals surface area (Å²) in [5, 5.41) is 109. The fraction of sp³-hybridized carbons (Fsp3) is 0.419. The maximum absolute atomic E-state index is 15.0. The van der Waals surface area contributed by atoms with Crippen molar-refractivity contribution in [2.24, 2.45) is 0 Å². The smallest absolute Gasteiger partial charge is 0.407 e. The molecule has 20 atom stereocenters. The number of nitrogens with one attached hydrogen (secondary N) is 6. The van der Waals surface area contributed by atoms with Gasteiger partial charge in [-0.25, -0.2) is 28.8 Å². The Morgan fingerprint density at radius 2 is 0.766 bits per heavy atom. The standard InChI is InChI=1S/C74H86N6O27/c81-35-52-58(85)60(87)55(80-74(95)100-41-46-27-15-5-16-28-46)68(103-52)105-62-49(78-72(93)98-39-44-23-11-3-12-24-44)33-48(77-65(89)50(101-66(90)47-29-17-6-18-30-47)31-32-75-70(91)96-37-42-19-7-1-8-20-42)56(83)64(62)107-69-61(88)63(53(36-82)104-69)106-67-54(79-73(94)99-40-45-25-13-4-14-26-45)59(86)57(84)51(102-67)34-76-71(92)97-38-43-21-9-2-10-22-43/h1-30,48-64,67-69,81-88H,31-41H2,(H,75,91)(H,76,92)(H,77,89)(H,78,93)(H,79,94)(H,80,95)/t48-,49+,50+,51+,52-,53-,54-,55-,56+,57-,58-,59-,60-,61-,62-,63-,64-,67-,68-,69+/m1/s1. The predicted octanol–water partition coefficient (Wildman–Crippen LogP) is 1.71. The highest BCUT2D eigenvalue weighted by Gasteiger charge is 2.57. The molecule has 10 rings (SSSR count). The van der Waals surface area contributed by atoms with Gasteiger partial charge in [0.15, 0.2) is 25.0 Å². The number of rotatable bonds is 30. The Bertz CT molecular complexity index is 3780. The lowest BCUT2D eigenvalue weighted by Gasteiger charge is -2.49. The maximum Gasteiger partial charge on any atom is 0.407 e. The summed E-state index contributed by atoms with van der Waals surface area (Å²) < 4.78 is 71.0. The van der Waals surface area contributed by atoms with Crippen LogP contribution in [0.2, 0.25) is 0 Å². The number of hydrogen-bond donors (Lipinski definition) is 14.